The van der Waals surface area contributed by atoms with E-state index in [4.69, 9.17) is 0 Å². The van der Waals surface area contributed by atoms with Gasteiger partial charge >= 0.3 is 29.6 Å². The SMILES string of the molecule is Cc1[nH]n(-c2ccccc2)c(=O)c1N=Nc1c(O)cc(SOO[O-])c2ccccc12.[Na+]. The number of aryl methyl sites for hydroxylation is 1. The molecule has 2 N–H and O–H groups in total. The van der Waals surface area contributed by atoms with Gasteiger partial charge in [-0.05, 0) is 25.1 Å². The van der Waals surface area contributed by atoms with Gasteiger partial charge in [0.2, 0.25) is 0 Å². The van der Waals surface area contributed by atoms with Gasteiger partial charge in [-0.1, -0.05) is 42.5 Å². The van der Waals surface area contributed by atoms with Crippen LogP contribution >= 0.6 is 12.0 Å². The van der Waals surface area contributed by atoms with E-state index in [1.54, 1.807) is 43.3 Å². The fourth-order valence-corrected chi connectivity index (χ4v) is 3.58. The number of nitrogens with one attached hydrogen (secondary N) is 1. The average Bonchev–Trinajstić information content (AvgIpc) is 3.05. The minimum Gasteiger partial charge on any atom is -0.691 e. The van der Waals surface area contributed by atoms with Crippen LogP contribution < -0.4 is 40.4 Å². The van der Waals surface area contributed by atoms with Gasteiger partial charge in [-0.2, -0.15) is 4.33 Å². The zero-order chi connectivity index (χ0) is 21.1. The fourth-order valence-electron chi connectivity index (χ4n) is 3.05. The number of H-pyrrole nitrogens is 1. The van der Waals surface area contributed by atoms with Crippen LogP contribution in [0.5, 0.6) is 5.75 Å². The number of para-hydroxylation sites is 1. The van der Waals surface area contributed by atoms with Crippen molar-refractivity contribution in [2.75, 3.05) is 0 Å². The number of hydrogen-bond donors (Lipinski definition) is 2. The van der Waals surface area contributed by atoms with Gasteiger partial charge in [0.05, 0.1) is 28.3 Å². The normalized spacial score (nSPS) is 11.2. The molecule has 11 heteroatoms. The van der Waals surface area contributed by atoms with E-state index in [0.717, 1.165) is 0 Å². The molecule has 0 aliphatic rings. The number of aromatic nitrogens is 2. The van der Waals surface area contributed by atoms with Crippen molar-refractivity contribution >= 4 is 34.2 Å². The van der Waals surface area contributed by atoms with Gasteiger partial charge in [0, 0.05) is 10.8 Å². The molecule has 1 heterocycles. The molecule has 0 aliphatic carbocycles. The minimum absolute atomic E-state index is 0. The molecule has 0 saturated heterocycles. The summed E-state index contributed by atoms with van der Waals surface area (Å²) < 4.78 is 5.75. The number of phenols is 1. The second kappa shape index (κ2) is 10.2. The summed E-state index contributed by atoms with van der Waals surface area (Å²) in [5, 5.41) is 36.5. The summed E-state index contributed by atoms with van der Waals surface area (Å²) in [7, 11) is 0. The standard InChI is InChI=1S/C20H16N4O5S.Na/c1-12-18(20(26)24(23-12)13-7-3-2-4-8-13)21-22-19-15-10-6-5-9-14(15)17(11-16(19)25)30-29-28-27;/h2-11,23,25,27H,1H3;/q;+1/p-1. The molecule has 0 bridgehead atoms. The molecule has 0 spiro atoms. The number of azo groups is 1. The molecule has 3 aromatic carbocycles. The molecule has 9 nitrogen and oxygen atoms in total. The van der Waals surface area contributed by atoms with Crippen molar-refractivity contribution in [3.8, 4) is 11.4 Å². The number of hydrogen-bond acceptors (Lipinski definition) is 8. The van der Waals surface area contributed by atoms with Gasteiger partial charge in [-0.25, -0.2) is 4.68 Å². The molecule has 152 valence electrons. The molecule has 0 saturated carbocycles. The molecule has 0 radical (unpaired) electrons. The van der Waals surface area contributed by atoms with E-state index in [0.29, 0.717) is 39.1 Å². The molecule has 31 heavy (non-hydrogen) atoms. The third-order valence-corrected chi connectivity index (χ3v) is 5.06. The van der Waals surface area contributed by atoms with Crippen molar-refractivity contribution in [2.24, 2.45) is 10.2 Å². The summed E-state index contributed by atoms with van der Waals surface area (Å²) in [6.45, 7) is 1.72. The summed E-state index contributed by atoms with van der Waals surface area (Å²) >= 11 is 0.668. The molecular weight excluding hydrogens is 431 g/mol. The van der Waals surface area contributed by atoms with Gasteiger partial charge in [0.25, 0.3) is 5.56 Å². The number of fused-ring (bicyclic) bond motifs is 1. The quantitative estimate of drug-likeness (QED) is 0.150. The first-order chi connectivity index (χ1) is 14.6. The Morgan fingerprint density at radius 1 is 1.03 bits per heavy atom. The van der Waals surface area contributed by atoms with Crippen LogP contribution in [-0.4, -0.2) is 14.9 Å². The first-order valence-electron chi connectivity index (χ1n) is 8.77. The Balaban J connectivity index is 0.00000272. The number of benzene rings is 3. The van der Waals surface area contributed by atoms with Crippen LogP contribution in [0.4, 0.5) is 11.4 Å². The molecule has 0 atom stereocenters. The molecule has 4 aromatic rings. The zero-order valence-corrected chi connectivity index (χ0v) is 19.4. The monoisotopic (exact) mass is 446 g/mol. The topological polar surface area (TPSA) is 124 Å². The Kier molecular flexibility index (Phi) is 7.68. The molecule has 0 amide bonds. The van der Waals surface area contributed by atoms with Crippen LogP contribution in [0.3, 0.4) is 0 Å². The van der Waals surface area contributed by atoms with E-state index in [9.17, 15) is 15.2 Å². The molecule has 0 unspecified atom stereocenters. The van der Waals surface area contributed by atoms with Gasteiger partial charge in [-0.15, -0.1) is 10.2 Å². The largest absolute Gasteiger partial charge is 1.00 e. The van der Waals surface area contributed by atoms with Crippen LogP contribution in [0.15, 0.2) is 80.6 Å². The van der Waals surface area contributed by atoms with Crippen molar-refractivity contribution in [1.29, 1.82) is 0 Å². The molecule has 1 aromatic heterocycles. The summed E-state index contributed by atoms with van der Waals surface area (Å²) in [6, 6.07) is 17.5. The van der Waals surface area contributed by atoms with E-state index in [1.165, 1.54) is 10.7 Å². The maximum atomic E-state index is 12.8. The number of aromatic hydroxyl groups is 1. The van der Waals surface area contributed by atoms with Crippen molar-refractivity contribution in [1.82, 2.24) is 9.78 Å². The smallest absolute Gasteiger partial charge is 0.691 e. The van der Waals surface area contributed by atoms with Crippen LogP contribution in [-0.2, 0) is 9.37 Å². The summed E-state index contributed by atoms with van der Waals surface area (Å²) in [4.78, 5) is 13.2. The maximum absolute atomic E-state index is 12.8. The van der Waals surface area contributed by atoms with Crippen LogP contribution in [0, 0.1) is 6.92 Å². The Morgan fingerprint density at radius 3 is 2.39 bits per heavy atom. The number of phenolic OH excluding ortho intramolecular Hbond substituents is 1. The van der Waals surface area contributed by atoms with Crippen LogP contribution in [0.1, 0.15) is 5.69 Å². The average molecular weight is 446 g/mol. The predicted molar refractivity (Wildman–Crippen MR) is 109 cm³/mol. The summed E-state index contributed by atoms with van der Waals surface area (Å²) in [5.74, 6) is -0.189. The number of aromatic amines is 1. The zero-order valence-electron chi connectivity index (χ0n) is 16.6. The van der Waals surface area contributed by atoms with Gasteiger partial charge in [0.1, 0.15) is 11.4 Å². The molecule has 4 rings (SSSR count). The third kappa shape index (κ3) is 4.75. The van der Waals surface area contributed by atoms with Crippen molar-refractivity contribution in [3.05, 3.63) is 76.7 Å². The maximum Gasteiger partial charge on any atom is 1.00 e. The van der Waals surface area contributed by atoms with Crippen LogP contribution in [0.2, 0.25) is 0 Å². The molecule has 0 aliphatic heterocycles. The Labute approximate surface area is 202 Å². The van der Waals surface area contributed by atoms with E-state index in [-0.39, 0.29) is 52.2 Å². The first-order valence-corrected chi connectivity index (χ1v) is 9.51. The summed E-state index contributed by atoms with van der Waals surface area (Å²) in [5.41, 5.74) is 1.15. The summed E-state index contributed by atoms with van der Waals surface area (Å²) in [6.07, 6.45) is 0. The van der Waals surface area contributed by atoms with Gasteiger partial charge in [-0.3, -0.25) is 14.9 Å². The van der Waals surface area contributed by atoms with E-state index in [1.807, 2.05) is 18.2 Å². The van der Waals surface area contributed by atoms with E-state index >= 15 is 0 Å². The van der Waals surface area contributed by atoms with Crippen LogP contribution in [0.25, 0.3) is 16.5 Å². The van der Waals surface area contributed by atoms with Gasteiger partial charge in [0.15, 0.2) is 5.69 Å². The van der Waals surface area contributed by atoms with Gasteiger partial charge < -0.3 is 10.4 Å². The number of rotatable bonds is 6. The molecule has 0 fully saturated rings. The Hall–Kier alpha value is -2.44. The van der Waals surface area contributed by atoms with Crippen molar-refractivity contribution in [3.63, 3.8) is 0 Å². The first kappa shape index (κ1) is 23.2. The third-order valence-electron chi connectivity index (χ3n) is 4.41. The van der Waals surface area contributed by atoms with E-state index in [2.05, 4.69) is 24.7 Å². The Morgan fingerprint density at radius 2 is 1.68 bits per heavy atom. The van der Waals surface area contributed by atoms with E-state index < -0.39 is 0 Å². The second-order valence-electron chi connectivity index (χ2n) is 6.27. The van der Waals surface area contributed by atoms with Crippen molar-refractivity contribution < 1.29 is 49.3 Å². The van der Waals surface area contributed by atoms with Crippen molar-refractivity contribution in [2.45, 2.75) is 11.8 Å². The predicted octanol–water partition coefficient (Wildman–Crippen LogP) is 0.983. The Bertz CT molecular complexity index is 1290. The number of nitrogens with zero attached hydrogens (tertiary/aromatic N) is 3. The molecular formula is C20H15N4NaO5S. The fraction of sp³-hybridized carbons (Fsp3) is 0.0500. The second-order valence-corrected chi connectivity index (χ2v) is 7.01. The minimum atomic E-state index is -0.362.